The summed E-state index contributed by atoms with van der Waals surface area (Å²) in [5.74, 6) is 0. The summed E-state index contributed by atoms with van der Waals surface area (Å²) in [4.78, 5) is 0.287. The molecule has 0 bridgehead atoms. The maximum absolute atomic E-state index is 13.2. The van der Waals surface area contributed by atoms with Crippen LogP contribution in [0.5, 0.6) is 0 Å². The van der Waals surface area contributed by atoms with Crippen LogP contribution in [-0.4, -0.2) is 71.9 Å². The predicted octanol–water partition coefficient (Wildman–Crippen LogP) is 0.483. The largest absolute Gasteiger partial charge is 0.377 e. The van der Waals surface area contributed by atoms with E-state index < -0.39 is 25.6 Å². The van der Waals surface area contributed by atoms with Crippen LogP contribution in [0.1, 0.15) is 18.4 Å². The molecule has 152 valence electrons. The molecule has 27 heavy (non-hydrogen) atoms. The molecule has 1 aromatic carbocycles. The van der Waals surface area contributed by atoms with Crippen molar-refractivity contribution in [1.82, 2.24) is 9.03 Å². The van der Waals surface area contributed by atoms with E-state index in [2.05, 4.69) is 4.72 Å². The minimum atomic E-state index is -3.67. The highest BCUT2D eigenvalue weighted by Gasteiger charge is 2.45. The Balaban J connectivity index is 1.77. The Morgan fingerprint density at radius 2 is 2.00 bits per heavy atom. The zero-order valence-corrected chi connectivity index (χ0v) is 17.2. The molecule has 2 fully saturated rings. The van der Waals surface area contributed by atoms with Gasteiger partial charge in [0.2, 0.25) is 20.0 Å². The van der Waals surface area contributed by atoms with Gasteiger partial charge in [-0.25, -0.2) is 21.6 Å². The maximum atomic E-state index is 13.2. The summed E-state index contributed by atoms with van der Waals surface area (Å²) in [6.45, 7) is 2.98. The number of sulfonamides is 2. The monoisotopic (exact) mass is 418 g/mol. The number of ether oxygens (including phenoxy) is 2. The molecule has 1 N–H and O–H groups in total. The molecule has 1 aromatic rings. The second-order valence-corrected chi connectivity index (χ2v) is 11.0. The lowest BCUT2D eigenvalue weighted by Gasteiger charge is -2.31. The lowest BCUT2D eigenvalue weighted by molar-refractivity contribution is -0.0797. The van der Waals surface area contributed by atoms with Gasteiger partial charge in [-0.1, -0.05) is 18.2 Å². The van der Waals surface area contributed by atoms with Gasteiger partial charge in [-0.2, -0.15) is 4.31 Å². The summed E-state index contributed by atoms with van der Waals surface area (Å²) < 4.78 is 64.6. The molecule has 1 spiro atoms. The van der Waals surface area contributed by atoms with Crippen molar-refractivity contribution in [2.24, 2.45) is 0 Å². The van der Waals surface area contributed by atoms with Crippen molar-refractivity contribution in [2.45, 2.75) is 36.4 Å². The highest BCUT2D eigenvalue weighted by molar-refractivity contribution is 7.89. The first-order valence-corrected chi connectivity index (χ1v) is 12.2. The molecule has 8 nitrogen and oxygen atoms in total. The summed E-state index contributed by atoms with van der Waals surface area (Å²) in [6, 6.07) is 6.90. The molecule has 2 aliphatic rings. The molecule has 0 aliphatic carbocycles. The van der Waals surface area contributed by atoms with E-state index in [1.165, 1.54) is 4.31 Å². The molecule has 0 radical (unpaired) electrons. The number of rotatable bonds is 5. The Kier molecular flexibility index (Phi) is 5.95. The van der Waals surface area contributed by atoms with Crippen LogP contribution in [-0.2, 0) is 29.5 Å². The number of nitrogens with zero attached hydrogens (tertiary/aromatic N) is 1. The van der Waals surface area contributed by atoms with Crippen LogP contribution in [0.25, 0.3) is 0 Å². The van der Waals surface area contributed by atoms with Crippen molar-refractivity contribution in [1.29, 1.82) is 0 Å². The normalized spacial score (nSPS) is 27.7. The fourth-order valence-electron chi connectivity index (χ4n) is 3.57. The van der Waals surface area contributed by atoms with E-state index in [9.17, 15) is 16.8 Å². The predicted molar refractivity (Wildman–Crippen MR) is 100 cm³/mol. The van der Waals surface area contributed by atoms with Crippen molar-refractivity contribution in [3.8, 4) is 0 Å². The van der Waals surface area contributed by atoms with Gasteiger partial charge in [0.1, 0.15) is 5.60 Å². The molecule has 0 saturated carbocycles. The van der Waals surface area contributed by atoms with Crippen LogP contribution in [0.2, 0.25) is 0 Å². The minimum absolute atomic E-state index is 0.172. The van der Waals surface area contributed by atoms with Gasteiger partial charge in [-0.15, -0.1) is 0 Å². The molecule has 2 aliphatic heterocycles. The standard InChI is InChI=1S/C17H26N2O6S2/c1-14-5-3-4-6-16(14)27(22,23)19-9-10-24-13-17(12-19)8-7-15(25-17)11-18-26(2,20)21/h3-6,15,18H,7-13H2,1-2H3/t15-,17-/m0/s1. The minimum Gasteiger partial charge on any atom is -0.377 e. The first-order chi connectivity index (χ1) is 12.6. The highest BCUT2D eigenvalue weighted by Crippen LogP contribution is 2.34. The molecule has 2 saturated heterocycles. The Morgan fingerprint density at radius 1 is 1.26 bits per heavy atom. The molecule has 3 rings (SSSR count). The number of benzene rings is 1. The van der Waals surface area contributed by atoms with Crippen LogP contribution in [0.3, 0.4) is 0 Å². The fourth-order valence-corrected chi connectivity index (χ4v) is 5.78. The number of hydrogen-bond donors (Lipinski definition) is 1. The SMILES string of the molecule is Cc1ccccc1S(=O)(=O)N1CCOC[C@]2(CC[C@@H](CNS(C)(=O)=O)O2)C1. The maximum Gasteiger partial charge on any atom is 0.243 e. The highest BCUT2D eigenvalue weighted by atomic mass is 32.2. The van der Waals surface area contributed by atoms with Crippen LogP contribution in [0.4, 0.5) is 0 Å². The van der Waals surface area contributed by atoms with E-state index in [0.29, 0.717) is 31.6 Å². The van der Waals surface area contributed by atoms with E-state index in [1.54, 1.807) is 31.2 Å². The van der Waals surface area contributed by atoms with Crippen molar-refractivity contribution in [2.75, 3.05) is 39.1 Å². The average Bonchev–Trinajstić information content (AvgIpc) is 2.85. The van der Waals surface area contributed by atoms with E-state index >= 15 is 0 Å². The second kappa shape index (κ2) is 7.76. The zero-order valence-electron chi connectivity index (χ0n) is 15.5. The van der Waals surface area contributed by atoms with Crippen molar-refractivity contribution >= 4 is 20.0 Å². The van der Waals surface area contributed by atoms with Crippen molar-refractivity contribution in [3.63, 3.8) is 0 Å². The third kappa shape index (κ3) is 4.87. The van der Waals surface area contributed by atoms with Crippen molar-refractivity contribution in [3.05, 3.63) is 29.8 Å². The van der Waals surface area contributed by atoms with Crippen LogP contribution in [0, 0.1) is 6.92 Å². The van der Waals surface area contributed by atoms with Gasteiger partial charge in [-0.05, 0) is 31.4 Å². The fraction of sp³-hybridized carbons (Fsp3) is 0.647. The van der Waals surface area contributed by atoms with Gasteiger partial charge >= 0.3 is 0 Å². The van der Waals surface area contributed by atoms with E-state index in [4.69, 9.17) is 9.47 Å². The van der Waals surface area contributed by atoms with Gasteiger partial charge in [0.15, 0.2) is 0 Å². The molecule has 0 aromatic heterocycles. The molecular formula is C17H26N2O6S2. The van der Waals surface area contributed by atoms with Gasteiger partial charge in [-0.3, -0.25) is 0 Å². The lowest BCUT2D eigenvalue weighted by atomic mass is 10.0. The number of nitrogens with one attached hydrogen (secondary N) is 1. The van der Waals surface area contributed by atoms with Crippen LogP contribution >= 0.6 is 0 Å². The summed E-state index contributed by atoms with van der Waals surface area (Å²) >= 11 is 0. The first-order valence-electron chi connectivity index (χ1n) is 8.87. The lowest BCUT2D eigenvalue weighted by Crippen LogP contribution is -2.47. The third-order valence-corrected chi connectivity index (χ3v) is 7.63. The summed E-state index contributed by atoms with van der Waals surface area (Å²) in [5, 5.41) is 0. The Bertz CT molecular complexity index is 886. The smallest absolute Gasteiger partial charge is 0.243 e. The molecule has 0 unspecified atom stereocenters. The summed E-state index contributed by atoms with van der Waals surface area (Å²) in [6.07, 6.45) is 2.06. The summed E-state index contributed by atoms with van der Waals surface area (Å²) in [7, 11) is -6.97. The molecular weight excluding hydrogens is 392 g/mol. The number of hydrogen-bond acceptors (Lipinski definition) is 6. The third-order valence-electron chi connectivity index (χ3n) is 4.94. The quantitative estimate of drug-likeness (QED) is 0.746. The van der Waals surface area contributed by atoms with E-state index in [0.717, 1.165) is 6.26 Å². The summed E-state index contributed by atoms with van der Waals surface area (Å²) in [5.41, 5.74) is -0.0601. The van der Waals surface area contributed by atoms with E-state index in [1.807, 2.05) is 0 Å². The molecule has 10 heteroatoms. The molecule has 2 heterocycles. The Labute approximate surface area is 160 Å². The van der Waals surface area contributed by atoms with Crippen LogP contribution < -0.4 is 4.72 Å². The topological polar surface area (TPSA) is 102 Å². The Morgan fingerprint density at radius 3 is 2.70 bits per heavy atom. The van der Waals surface area contributed by atoms with Gasteiger partial charge in [0.25, 0.3) is 0 Å². The molecule has 2 atom stereocenters. The van der Waals surface area contributed by atoms with Gasteiger partial charge < -0.3 is 9.47 Å². The average molecular weight is 419 g/mol. The van der Waals surface area contributed by atoms with E-state index in [-0.39, 0.29) is 30.6 Å². The second-order valence-electron chi connectivity index (χ2n) is 7.24. The zero-order chi connectivity index (χ0) is 19.7. The van der Waals surface area contributed by atoms with Gasteiger partial charge in [0.05, 0.1) is 30.5 Å². The van der Waals surface area contributed by atoms with Crippen LogP contribution in [0.15, 0.2) is 29.2 Å². The van der Waals surface area contributed by atoms with Crippen molar-refractivity contribution < 1.29 is 26.3 Å². The van der Waals surface area contributed by atoms with Gasteiger partial charge in [0, 0.05) is 19.6 Å². The number of aryl methyl sites for hydroxylation is 1. The Hall–Kier alpha value is -1.04. The first kappa shape index (κ1) is 20.7. The molecule has 0 amide bonds.